The molecule has 19 rings (SSSR count). The van der Waals surface area contributed by atoms with Gasteiger partial charge in [0.15, 0.2) is 0 Å². The predicted molar refractivity (Wildman–Crippen MR) is 467 cm³/mol. The monoisotopic (exact) mass is 1390 g/mol. The lowest BCUT2D eigenvalue weighted by Crippen LogP contribution is -2.13. The molecule has 0 aliphatic carbocycles. The molecule has 4 nitrogen and oxygen atoms in total. The number of hydrogen-bond donors (Lipinski definition) is 0. The normalized spacial score (nSPS) is 11.8. The summed E-state index contributed by atoms with van der Waals surface area (Å²) in [6.07, 6.45) is 0. The molecule has 0 amide bonds. The highest BCUT2D eigenvalue weighted by atomic mass is 15.2. The summed E-state index contributed by atoms with van der Waals surface area (Å²) in [5.41, 5.74) is 16.4. The Morgan fingerprint density at radius 2 is 0.361 bits per heavy atom. The minimum Gasteiger partial charge on any atom is -0.310 e. The Bertz CT molecular complexity index is 6230. The zero-order valence-corrected chi connectivity index (χ0v) is 61.7. The smallest absolute Gasteiger partial charge is 0.0546 e. The van der Waals surface area contributed by atoms with E-state index < -0.39 is 0 Å². The van der Waals surface area contributed by atoms with Crippen LogP contribution in [-0.4, -0.2) is 0 Å². The third kappa shape index (κ3) is 12.1. The topological polar surface area (TPSA) is 13.0 Å². The zero-order valence-electron chi connectivity index (χ0n) is 61.7. The molecule has 4 heteroatoms. The summed E-state index contributed by atoms with van der Waals surface area (Å²) >= 11 is 0. The first-order valence-electron chi connectivity index (χ1n) is 37.6. The molecule has 0 unspecified atom stereocenters. The predicted octanol–water partition coefficient (Wildman–Crippen LogP) is 30.2. The molecule has 0 saturated carbocycles. The van der Waals surface area contributed by atoms with Crippen LogP contribution < -0.4 is 19.6 Å². The number of anilines is 12. The molecule has 108 heavy (non-hydrogen) atoms. The number of nitrogens with zero attached hydrogens (tertiary/aromatic N) is 4. The first-order chi connectivity index (χ1) is 52.9. The molecule has 0 saturated heterocycles. The summed E-state index contributed by atoms with van der Waals surface area (Å²) < 4.78 is 0. The van der Waals surface area contributed by atoms with Crippen molar-refractivity contribution >= 4 is 165 Å². The maximum atomic E-state index is 2.41. The second-order valence-corrected chi connectivity index (χ2v) is 30.4. The number of benzene rings is 19. The van der Waals surface area contributed by atoms with Crippen molar-refractivity contribution < 1.29 is 0 Å². The molecule has 0 fully saturated rings. The van der Waals surface area contributed by atoms with Crippen LogP contribution in [0, 0.1) is 0 Å². The third-order valence-corrected chi connectivity index (χ3v) is 21.7. The van der Waals surface area contributed by atoms with Gasteiger partial charge in [0.1, 0.15) is 0 Å². The molecule has 0 bridgehead atoms. The average molecular weight is 1390 g/mol. The fourth-order valence-corrected chi connectivity index (χ4v) is 16.5. The van der Waals surface area contributed by atoms with Gasteiger partial charge < -0.3 is 19.6 Å². The van der Waals surface area contributed by atoms with E-state index in [1.54, 1.807) is 0 Å². The lowest BCUT2D eigenvalue weighted by Gasteiger charge is -2.28. The van der Waals surface area contributed by atoms with Crippen LogP contribution >= 0.6 is 0 Å². The van der Waals surface area contributed by atoms with Gasteiger partial charge in [-0.05, 0) is 253 Å². The van der Waals surface area contributed by atoms with Crippen LogP contribution in [0.1, 0.15) is 52.7 Å². The van der Waals surface area contributed by atoms with Gasteiger partial charge in [0.05, 0.1) is 5.69 Å². The number of hydrogen-bond acceptors (Lipinski definition) is 4. The van der Waals surface area contributed by atoms with Crippen LogP contribution in [0.2, 0.25) is 0 Å². The van der Waals surface area contributed by atoms with Crippen molar-refractivity contribution in [2.45, 2.75) is 52.4 Å². The average Bonchev–Trinajstić information content (AvgIpc) is 0.706. The van der Waals surface area contributed by atoms with Gasteiger partial charge in [-0.25, -0.2) is 0 Å². The highest BCUT2D eigenvalue weighted by Crippen LogP contribution is 2.51. The Kier molecular flexibility index (Phi) is 17.1. The summed E-state index contributed by atoms with van der Waals surface area (Å²) in [4.78, 5) is 9.51. The second kappa shape index (κ2) is 27.6. The van der Waals surface area contributed by atoms with Crippen molar-refractivity contribution in [3.05, 3.63) is 399 Å². The van der Waals surface area contributed by atoms with Crippen LogP contribution in [0.3, 0.4) is 0 Å². The maximum absolute atomic E-state index is 2.41. The van der Waals surface area contributed by atoms with E-state index >= 15 is 0 Å². The quantitative estimate of drug-likeness (QED) is 0.113. The Labute approximate surface area is 632 Å². The number of rotatable bonds is 12. The van der Waals surface area contributed by atoms with E-state index in [1.807, 2.05) is 0 Å². The molecule has 518 valence electrons. The fraction of sp³-hybridized carbons (Fsp3) is 0.0769. The van der Waals surface area contributed by atoms with E-state index in [4.69, 9.17) is 0 Å². The molecule has 0 atom stereocenters. The Balaban J connectivity index is 0.000000156. The lowest BCUT2D eigenvalue weighted by atomic mass is 9.86. The van der Waals surface area contributed by atoms with E-state index in [-0.39, 0.29) is 10.8 Å². The summed E-state index contributed by atoms with van der Waals surface area (Å²) in [6.45, 7) is 13.6. The SMILES string of the molecule is CC(C)(C)c1ccc(N(c2ccccc2)c2ccc3c(c2)c2ccccc2c2c4ccc(N(c5ccccc5)c5ccc(C(C)(C)C)cc5)cc4c4ccccc4c32)cc1.c1ccc(N(c2ccccc2)c2ccc3c(c2)c2ccccc2c2cc(N(c4ccccc4)c4ccccc4)c4ccccc4c32)cc1. The largest absolute Gasteiger partial charge is 0.310 e. The maximum Gasteiger partial charge on any atom is 0.0546 e. The molecule has 0 spiro atoms. The van der Waals surface area contributed by atoms with Crippen molar-refractivity contribution in [2.24, 2.45) is 0 Å². The van der Waals surface area contributed by atoms with Crippen LogP contribution in [-0.2, 0) is 10.8 Å². The summed E-state index contributed by atoms with van der Waals surface area (Å²) in [6, 6.07) is 142. The highest BCUT2D eigenvalue weighted by molar-refractivity contribution is 6.40. The van der Waals surface area contributed by atoms with Gasteiger partial charge in [-0.3, -0.25) is 0 Å². The molecular formula is C104H82N4. The first-order valence-corrected chi connectivity index (χ1v) is 37.6. The van der Waals surface area contributed by atoms with Gasteiger partial charge >= 0.3 is 0 Å². The van der Waals surface area contributed by atoms with Crippen molar-refractivity contribution in [2.75, 3.05) is 19.6 Å². The van der Waals surface area contributed by atoms with Crippen LogP contribution in [0.4, 0.5) is 68.2 Å². The van der Waals surface area contributed by atoms with E-state index in [0.717, 1.165) is 68.2 Å². The molecular weight excluding hydrogens is 1310 g/mol. The van der Waals surface area contributed by atoms with Crippen LogP contribution in [0.25, 0.3) is 97.0 Å². The molecule has 0 aliphatic heterocycles. The van der Waals surface area contributed by atoms with E-state index in [2.05, 4.69) is 449 Å². The molecule has 19 aromatic rings. The van der Waals surface area contributed by atoms with Crippen molar-refractivity contribution in [1.29, 1.82) is 0 Å². The van der Waals surface area contributed by atoms with Crippen LogP contribution in [0.5, 0.6) is 0 Å². The minimum absolute atomic E-state index is 0.0766. The molecule has 0 aromatic heterocycles. The molecule has 0 aliphatic rings. The van der Waals surface area contributed by atoms with Crippen LogP contribution in [0.15, 0.2) is 388 Å². The van der Waals surface area contributed by atoms with Crippen molar-refractivity contribution in [3.8, 4) is 0 Å². The number of fused-ring (bicyclic) bond motifs is 19. The van der Waals surface area contributed by atoms with Gasteiger partial charge in [0, 0.05) is 67.9 Å². The summed E-state index contributed by atoms with van der Waals surface area (Å²) in [5.74, 6) is 0. The molecule has 19 aromatic carbocycles. The van der Waals surface area contributed by atoms with Gasteiger partial charge in [0.2, 0.25) is 0 Å². The van der Waals surface area contributed by atoms with Gasteiger partial charge in [-0.1, -0.05) is 290 Å². The van der Waals surface area contributed by atoms with Gasteiger partial charge in [0.25, 0.3) is 0 Å². The van der Waals surface area contributed by atoms with Crippen molar-refractivity contribution in [3.63, 3.8) is 0 Å². The van der Waals surface area contributed by atoms with Crippen molar-refractivity contribution in [1.82, 2.24) is 0 Å². The Hall–Kier alpha value is -13.3. The van der Waals surface area contributed by atoms with Gasteiger partial charge in [-0.15, -0.1) is 0 Å². The Morgan fingerprint density at radius 1 is 0.148 bits per heavy atom. The summed E-state index contributed by atoms with van der Waals surface area (Å²) in [5, 5.41) is 22.6. The standard InChI is InChI=1S/C58H50N2.C46H32N2/c1-57(2,3)39-25-29-43(30-26-39)59(41-17-9-7-10-18-41)45-33-35-51-53(37-45)47-21-13-15-23-49(47)56-52-36-34-46(38-54(52)48-22-14-16-24-50(48)55(51)56)60(42-19-11-8-12-20-42)44-31-27-40(28-32-44)58(4,5)6;1-5-17-33(18-6-1)47(34-19-7-2-8-20-34)37-29-30-42-43(31-37)38-25-13-14-26-39(38)44-32-45(40-27-15-16-28-41(40)46(42)44)48(35-21-9-3-10-22-35)36-23-11-4-12-24-36/h7-38H,1-6H3;1-32H. The highest BCUT2D eigenvalue weighted by Gasteiger charge is 2.25. The van der Waals surface area contributed by atoms with E-state index in [9.17, 15) is 0 Å². The molecule has 0 radical (unpaired) electrons. The summed E-state index contributed by atoms with van der Waals surface area (Å²) in [7, 11) is 0. The zero-order chi connectivity index (χ0) is 73.0. The number of para-hydroxylation sites is 6. The lowest BCUT2D eigenvalue weighted by molar-refractivity contribution is 0.590. The van der Waals surface area contributed by atoms with E-state index in [0.29, 0.717) is 0 Å². The minimum atomic E-state index is 0.0766. The Morgan fingerprint density at radius 3 is 0.667 bits per heavy atom. The first kappa shape index (κ1) is 66.7. The fourth-order valence-electron chi connectivity index (χ4n) is 16.5. The van der Waals surface area contributed by atoms with E-state index in [1.165, 1.54) is 108 Å². The van der Waals surface area contributed by atoms with Gasteiger partial charge in [-0.2, -0.15) is 0 Å². The molecule has 0 N–H and O–H groups in total. The second-order valence-electron chi connectivity index (χ2n) is 30.4. The molecule has 0 heterocycles. The third-order valence-electron chi connectivity index (χ3n) is 21.7.